The number of esters is 1. The minimum absolute atomic E-state index is 0.0195. The van der Waals surface area contributed by atoms with Crippen LogP contribution in [0.15, 0.2) is 6.20 Å². The lowest BCUT2D eigenvalue weighted by Gasteiger charge is -2.12. The maximum Gasteiger partial charge on any atom is 0.350 e. The van der Waals surface area contributed by atoms with Gasteiger partial charge >= 0.3 is 5.97 Å². The fourth-order valence-electron chi connectivity index (χ4n) is 2.00. The molecule has 1 aliphatic rings. The van der Waals surface area contributed by atoms with Gasteiger partial charge in [0.15, 0.2) is 10.2 Å². The van der Waals surface area contributed by atoms with Crippen LogP contribution in [-0.2, 0) is 14.3 Å². The third-order valence-corrected chi connectivity index (χ3v) is 4.97. The molecule has 0 aromatic carbocycles. The van der Waals surface area contributed by atoms with Gasteiger partial charge in [-0.1, -0.05) is 23.1 Å². The van der Waals surface area contributed by atoms with Crippen molar-refractivity contribution in [2.45, 2.75) is 20.3 Å². The van der Waals surface area contributed by atoms with Crippen LogP contribution in [0.1, 0.15) is 29.9 Å². The Hall–Kier alpha value is -1.41. The van der Waals surface area contributed by atoms with Gasteiger partial charge in [0.2, 0.25) is 5.91 Å². The summed E-state index contributed by atoms with van der Waals surface area (Å²) >= 11 is 2.39. The molecule has 0 N–H and O–H groups in total. The third-order valence-electron chi connectivity index (χ3n) is 2.93. The number of ether oxygens (including phenoxy) is 1. The normalized spacial score (nSPS) is 18.1. The average molecular weight is 328 g/mol. The number of aromatic nitrogens is 1. The zero-order chi connectivity index (χ0) is 15.4. The molecule has 1 aliphatic heterocycles. The molecular formula is C13H16N2O4S2. The third kappa shape index (κ3) is 4.04. The molecule has 1 aromatic rings. The smallest absolute Gasteiger partial charge is 0.350 e. The molecule has 0 saturated carbocycles. The summed E-state index contributed by atoms with van der Waals surface area (Å²) in [4.78, 5) is 40.7. The monoisotopic (exact) mass is 328 g/mol. The molecule has 0 bridgehead atoms. The summed E-state index contributed by atoms with van der Waals surface area (Å²) in [5, 5.41) is 0.568. The summed E-state index contributed by atoms with van der Waals surface area (Å²) in [5.74, 6) is 0.333. The molecule has 1 atom stereocenters. The number of thiazole rings is 1. The Morgan fingerprint density at radius 1 is 1.57 bits per heavy atom. The quantitative estimate of drug-likeness (QED) is 0.769. The second-order valence-electron chi connectivity index (χ2n) is 4.60. The van der Waals surface area contributed by atoms with Crippen molar-refractivity contribution >= 4 is 45.2 Å². The predicted octanol–water partition coefficient (Wildman–Crippen LogP) is 1.95. The van der Waals surface area contributed by atoms with Gasteiger partial charge in [-0.05, 0) is 12.8 Å². The van der Waals surface area contributed by atoms with E-state index in [1.165, 1.54) is 24.9 Å². The molecule has 114 valence electrons. The van der Waals surface area contributed by atoms with Crippen molar-refractivity contribution in [1.82, 2.24) is 4.98 Å². The highest BCUT2D eigenvalue weighted by atomic mass is 32.2. The van der Waals surface area contributed by atoms with Crippen LogP contribution in [0.2, 0.25) is 0 Å². The van der Waals surface area contributed by atoms with Crippen LogP contribution in [0.5, 0.6) is 0 Å². The van der Waals surface area contributed by atoms with Gasteiger partial charge in [0.1, 0.15) is 4.88 Å². The number of hydrogen-bond acceptors (Lipinski definition) is 7. The summed E-state index contributed by atoms with van der Waals surface area (Å²) in [6.07, 6.45) is 1.84. The first-order valence-corrected chi connectivity index (χ1v) is 8.38. The Morgan fingerprint density at radius 3 is 3.00 bits per heavy atom. The Morgan fingerprint density at radius 2 is 2.33 bits per heavy atom. The Balaban J connectivity index is 2.00. The summed E-state index contributed by atoms with van der Waals surface area (Å²) in [5.41, 5.74) is 0. The van der Waals surface area contributed by atoms with E-state index in [1.54, 1.807) is 11.8 Å². The standard InChI is InChI=1S/C13H16N2O4S2/c1-3-19-12(18)10-5-14-13(21-10)15-6-9(4-11(15)17)7-20-8(2)16/h5,9H,3-4,6-7H2,1-2H3. The average Bonchev–Trinajstić information content (AvgIpc) is 3.03. The first-order chi connectivity index (χ1) is 10.0. The molecule has 21 heavy (non-hydrogen) atoms. The van der Waals surface area contributed by atoms with Crippen LogP contribution in [0.4, 0.5) is 5.13 Å². The number of nitrogens with zero attached hydrogens (tertiary/aromatic N) is 2. The van der Waals surface area contributed by atoms with Crippen LogP contribution < -0.4 is 4.90 Å². The number of carbonyl (C=O) groups excluding carboxylic acids is 3. The van der Waals surface area contributed by atoms with E-state index in [1.807, 2.05) is 0 Å². The van der Waals surface area contributed by atoms with Gasteiger partial charge in [-0.2, -0.15) is 0 Å². The van der Waals surface area contributed by atoms with E-state index < -0.39 is 5.97 Å². The maximum absolute atomic E-state index is 12.0. The van der Waals surface area contributed by atoms with Gasteiger partial charge in [-0.15, -0.1) is 0 Å². The first-order valence-electron chi connectivity index (χ1n) is 6.58. The van der Waals surface area contributed by atoms with Gasteiger partial charge in [0.05, 0.1) is 12.8 Å². The molecule has 1 unspecified atom stereocenters. The molecule has 8 heteroatoms. The summed E-state index contributed by atoms with van der Waals surface area (Å²) in [7, 11) is 0. The highest BCUT2D eigenvalue weighted by molar-refractivity contribution is 8.13. The van der Waals surface area contributed by atoms with E-state index in [0.717, 1.165) is 11.3 Å². The van der Waals surface area contributed by atoms with E-state index in [4.69, 9.17) is 4.74 Å². The molecular weight excluding hydrogens is 312 g/mol. The molecule has 1 fully saturated rings. The molecule has 6 nitrogen and oxygen atoms in total. The molecule has 1 amide bonds. The Bertz CT molecular complexity index is 558. The molecule has 2 heterocycles. The summed E-state index contributed by atoms with van der Waals surface area (Å²) < 4.78 is 4.90. The lowest BCUT2D eigenvalue weighted by Crippen LogP contribution is -2.24. The van der Waals surface area contributed by atoms with Crippen LogP contribution in [0, 0.1) is 5.92 Å². The summed E-state index contributed by atoms with van der Waals surface area (Å²) in [6, 6.07) is 0. The van der Waals surface area contributed by atoms with Gasteiger partial charge < -0.3 is 4.74 Å². The Labute approximate surface area is 130 Å². The lowest BCUT2D eigenvalue weighted by atomic mass is 10.1. The van der Waals surface area contributed by atoms with Crippen LogP contribution in [0.25, 0.3) is 0 Å². The highest BCUT2D eigenvalue weighted by Crippen LogP contribution is 2.30. The molecule has 1 aromatic heterocycles. The number of hydrogen-bond donors (Lipinski definition) is 0. The second-order valence-corrected chi connectivity index (χ2v) is 6.81. The van der Waals surface area contributed by atoms with E-state index in [0.29, 0.717) is 35.3 Å². The molecule has 2 rings (SSSR count). The Kier molecular flexibility index (Phi) is 5.35. The number of amides is 1. The molecule has 1 saturated heterocycles. The zero-order valence-electron chi connectivity index (χ0n) is 11.8. The van der Waals surface area contributed by atoms with E-state index in [9.17, 15) is 14.4 Å². The number of rotatable bonds is 5. The van der Waals surface area contributed by atoms with Crippen molar-refractivity contribution < 1.29 is 19.1 Å². The summed E-state index contributed by atoms with van der Waals surface area (Å²) in [6.45, 7) is 4.10. The largest absolute Gasteiger partial charge is 0.462 e. The maximum atomic E-state index is 12.0. The highest BCUT2D eigenvalue weighted by Gasteiger charge is 2.32. The number of thioether (sulfide) groups is 1. The van der Waals surface area contributed by atoms with Crippen molar-refractivity contribution in [2.24, 2.45) is 5.92 Å². The second kappa shape index (κ2) is 7.04. The minimum atomic E-state index is -0.420. The van der Waals surface area contributed by atoms with E-state index in [2.05, 4.69) is 4.98 Å². The fourth-order valence-corrected chi connectivity index (χ4v) is 3.53. The van der Waals surface area contributed by atoms with Gasteiger partial charge in [-0.25, -0.2) is 9.78 Å². The van der Waals surface area contributed by atoms with Crippen LogP contribution >= 0.6 is 23.1 Å². The van der Waals surface area contributed by atoms with Gasteiger partial charge in [-0.3, -0.25) is 14.5 Å². The number of anilines is 1. The minimum Gasteiger partial charge on any atom is -0.462 e. The van der Waals surface area contributed by atoms with Gasteiger partial charge in [0, 0.05) is 25.6 Å². The van der Waals surface area contributed by atoms with Crippen LogP contribution in [-0.4, -0.2) is 40.9 Å². The predicted molar refractivity (Wildman–Crippen MR) is 81.7 cm³/mol. The van der Waals surface area contributed by atoms with Crippen molar-refractivity contribution in [1.29, 1.82) is 0 Å². The topological polar surface area (TPSA) is 76.6 Å². The van der Waals surface area contributed by atoms with Crippen molar-refractivity contribution in [3.05, 3.63) is 11.1 Å². The van der Waals surface area contributed by atoms with Crippen LogP contribution in [0.3, 0.4) is 0 Å². The lowest BCUT2D eigenvalue weighted by molar-refractivity contribution is -0.117. The zero-order valence-corrected chi connectivity index (χ0v) is 13.5. The van der Waals surface area contributed by atoms with E-state index >= 15 is 0 Å². The molecule has 0 radical (unpaired) electrons. The van der Waals surface area contributed by atoms with Crippen molar-refractivity contribution in [3.8, 4) is 0 Å². The SMILES string of the molecule is CCOC(=O)c1cnc(N2CC(CSC(C)=O)CC2=O)s1. The molecule has 0 aliphatic carbocycles. The first kappa shape index (κ1) is 16.0. The number of carbonyl (C=O) groups is 3. The van der Waals surface area contributed by atoms with Gasteiger partial charge in [0.25, 0.3) is 0 Å². The van der Waals surface area contributed by atoms with Crippen molar-refractivity contribution in [2.75, 3.05) is 23.8 Å². The van der Waals surface area contributed by atoms with Crippen molar-refractivity contribution in [3.63, 3.8) is 0 Å². The molecule has 0 spiro atoms. The fraction of sp³-hybridized carbons (Fsp3) is 0.538. The van der Waals surface area contributed by atoms with E-state index in [-0.39, 0.29) is 16.9 Å².